The second-order valence-corrected chi connectivity index (χ2v) is 8.38. The van der Waals surface area contributed by atoms with Crippen molar-refractivity contribution in [2.24, 2.45) is 5.73 Å². The van der Waals surface area contributed by atoms with Crippen LogP contribution in [0.25, 0.3) is 0 Å². The molecule has 4 heteroatoms. The quantitative estimate of drug-likeness (QED) is 0.507. The van der Waals surface area contributed by atoms with Gasteiger partial charge in [0.1, 0.15) is 17.2 Å². The predicted molar refractivity (Wildman–Crippen MR) is 125 cm³/mol. The van der Waals surface area contributed by atoms with Crippen LogP contribution in [0.15, 0.2) is 78.9 Å². The molecule has 4 nitrogen and oxygen atoms in total. The van der Waals surface area contributed by atoms with E-state index in [9.17, 15) is 0 Å². The van der Waals surface area contributed by atoms with E-state index in [1.165, 1.54) is 11.1 Å². The Kier molecular flexibility index (Phi) is 7.23. The minimum Gasteiger partial charge on any atom is -0.497 e. The van der Waals surface area contributed by atoms with E-state index in [4.69, 9.17) is 15.2 Å². The van der Waals surface area contributed by atoms with Gasteiger partial charge in [-0.1, -0.05) is 42.5 Å². The van der Waals surface area contributed by atoms with Crippen LogP contribution in [0.5, 0.6) is 17.2 Å². The molecule has 1 fully saturated rings. The molecular weight excluding hydrogens is 384 g/mol. The molecule has 0 radical (unpaired) electrons. The SMILES string of the molecule is COc1ccc(CN(Cc2cccc(Oc3ccccc3)c2)C2CCC(N)CC2)cc1. The van der Waals surface area contributed by atoms with Crippen molar-refractivity contribution in [1.82, 2.24) is 4.90 Å². The minimum absolute atomic E-state index is 0.349. The molecule has 0 atom stereocenters. The molecule has 0 aliphatic heterocycles. The number of nitrogens with two attached hydrogens (primary N) is 1. The van der Waals surface area contributed by atoms with Crippen LogP contribution in [0.4, 0.5) is 0 Å². The largest absolute Gasteiger partial charge is 0.497 e. The topological polar surface area (TPSA) is 47.7 Å². The molecule has 31 heavy (non-hydrogen) atoms. The van der Waals surface area contributed by atoms with Crippen LogP contribution in [-0.4, -0.2) is 24.1 Å². The minimum atomic E-state index is 0.349. The van der Waals surface area contributed by atoms with Crippen molar-refractivity contribution in [2.45, 2.75) is 50.9 Å². The highest BCUT2D eigenvalue weighted by molar-refractivity contribution is 5.34. The number of nitrogens with zero attached hydrogens (tertiary/aromatic N) is 1. The molecule has 162 valence electrons. The number of hydrogen-bond donors (Lipinski definition) is 1. The van der Waals surface area contributed by atoms with Crippen molar-refractivity contribution in [2.75, 3.05) is 7.11 Å². The molecular formula is C27H32N2O2. The van der Waals surface area contributed by atoms with E-state index >= 15 is 0 Å². The van der Waals surface area contributed by atoms with Crippen molar-refractivity contribution in [1.29, 1.82) is 0 Å². The van der Waals surface area contributed by atoms with Gasteiger partial charge in [0.2, 0.25) is 0 Å². The molecule has 1 aliphatic carbocycles. The van der Waals surface area contributed by atoms with E-state index in [-0.39, 0.29) is 0 Å². The Morgan fingerprint density at radius 1 is 0.742 bits per heavy atom. The lowest BCUT2D eigenvalue weighted by Gasteiger charge is -2.36. The summed E-state index contributed by atoms with van der Waals surface area (Å²) < 4.78 is 11.4. The first-order valence-corrected chi connectivity index (χ1v) is 11.1. The van der Waals surface area contributed by atoms with Gasteiger partial charge in [-0.3, -0.25) is 4.90 Å². The Balaban J connectivity index is 1.50. The fourth-order valence-corrected chi connectivity index (χ4v) is 4.31. The third-order valence-electron chi connectivity index (χ3n) is 6.07. The average molecular weight is 417 g/mol. The molecule has 3 aromatic carbocycles. The van der Waals surface area contributed by atoms with E-state index in [0.29, 0.717) is 12.1 Å². The fraction of sp³-hybridized carbons (Fsp3) is 0.333. The van der Waals surface area contributed by atoms with Gasteiger partial charge in [0.15, 0.2) is 0 Å². The Hall–Kier alpha value is -2.82. The summed E-state index contributed by atoms with van der Waals surface area (Å²) in [5.41, 5.74) is 8.74. The zero-order valence-electron chi connectivity index (χ0n) is 18.2. The third-order valence-corrected chi connectivity index (χ3v) is 6.07. The predicted octanol–water partition coefficient (Wildman–Crippen LogP) is 5.76. The van der Waals surface area contributed by atoms with Crippen molar-refractivity contribution >= 4 is 0 Å². The highest BCUT2D eigenvalue weighted by Gasteiger charge is 2.24. The van der Waals surface area contributed by atoms with E-state index in [2.05, 4.69) is 35.2 Å². The lowest BCUT2D eigenvalue weighted by Crippen LogP contribution is -2.40. The molecule has 0 heterocycles. The molecule has 0 spiro atoms. The number of benzene rings is 3. The van der Waals surface area contributed by atoms with Crippen molar-refractivity contribution in [3.05, 3.63) is 90.0 Å². The molecule has 0 unspecified atom stereocenters. The second-order valence-electron chi connectivity index (χ2n) is 8.38. The number of methoxy groups -OCH3 is 1. The number of para-hydroxylation sites is 1. The first-order chi connectivity index (χ1) is 15.2. The van der Waals surface area contributed by atoms with Gasteiger partial charge in [-0.05, 0) is 73.2 Å². The Labute approximate surface area is 185 Å². The molecule has 2 N–H and O–H groups in total. The Morgan fingerprint density at radius 3 is 2.13 bits per heavy atom. The molecule has 0 bridgehead atoms. The lowest BCUT2D eigenvalue weighted by atomic mass is 9.90. The number of rotatable bonds is 8. The van der Waals surface area contributed by atoms with E-state index in [1.807, 2.05) is 48.5 Å². The third kappa shape index (κ3) is 6.09. The van der Waals surface area contributed by atoms with Crippen LogP contribution in [0.2, 0.25) is 0 Å². The van der Waals surface area contributed by atoms with Crippen LogP contribution in [0.1, 0.15) is 36.8 Å². The highest BCUT2D eigenvalue weighted by Crippen LogP contribution is 2.28. The van der Waals surface area contributed by atoms with Crippen molar-refractivity contribution in [3.8, 4) is 17.2 Å². The zero-order valence-corrected chi connectivity index (χ0v) is 18.2. The fourth-order valence-electron chi connectivity index (χ4n) is 4.31. The molecule has 1 aliphatic rings. The van der Waals surface area contributed by atoms with Crippen LogP contribution in [-0.2, 0) is 13.1 Å². The first kappa shape index (κ1) is 21.4. The van der Waals surface area contributed by atoms with Crippen LogP contribution in [0.3, 0.4) is 0 Å². The summed E-state index contributed by atoms with van der Waals surface area (Å²) >= 11 is 0. The van der Waals surface area contributed by atoms with Gasteiger partial charge >= 0.3 is 0 Å². The molecule has 0 amide bonds. The van der Waals surface area contributed by atoms with Crippen LogP contribution >= 0.6 is 0 Å². The van der Waals surface area contributed by atoms with Gasteiger partial charge in [0, 0.05) is 25.2 Å². The van der Waals surface area contributed by atoms with Crippen LogP contribution < -0.4 is 15.2 Å². The summed E-state index contributed by atoms with van der Waals surface area (Å²) in [7, 11) is 1.71. The summed E-state index contributed by atoms with van der Waals surface area (Å²) in [4.78, 5) is 2.59. The Morgan fingerprint density at radius 2 is 1.42 bits per heavy atom. The van der Waals surface area contributed by atoms with Gasteiger partial charge in [0.25, 0.3) is 0 Å². The first-order valence-electron chi connectivity index (χ1n) is 11.1. The normalized spacial score (nSPS) is 18.7. The maximum Gasteiger partial charge on any atom is 0.127 e. The number of ether oxygens (including phenoxy) is 2. The van der Waals surface area contributed by atoms with Gasteiger partial charge in [-0.2, -0.15) is 0 Å². The standard InChI is InChI=1S/C27H32N2O2/c1-30-25-16-10-21(11-17-25)19-29(24-14-12-23(28)13-15-24)20-22-6-5-9-27(18-22)31-26-7-3-2-4-8-26/h2-11,16-18,23-24H,12-15,19-20,28H2,1H3. The summed E-state index contributed by atoms with van der Waals surface area (Å²) in [6.45, 7) is 1.80. The average Bonchev–Trinajstić information content (AvgIpc) is 2.81. The lowest BCUT2D eigenvalue weighted by molar-refractivity contribution is 0.134. The van der Waals surface area contributed by atoms with Crippen LogP contribution in [0, 0.1) is 0 Å². The van der Waals surface area contributed by atoms with Gasteiger partial charge in [-0.15, -0.1) is 0 Å². The monoisotopic (exact) mass is 416 g/mol. The van der Waals surface area contributed by atoms with E-state index < -0.39 is 0 Å². The van der Waals surface area contributed by atoms with Crippen molar-refractivity contribution in [3.63, 3.8) is 0 Å². The summed E-state index contributed by atoms with van der Waals surface area (Å²) in [6.07, 6.45) is 4.50. The zero-order chi connectivity index (χ0) is 21.5. The molecule has 4 rings (SSSR count). The van der Waals surface area contributed by atoms with Crippen molar-refractivity contribution < 1.29 is 9.47 Å². The second kappa shape index (κ2) is 10.5. The van der Waals surface area contributed by atoms with Gasteiger partial charge in [-0.25, -0.2) is 0 Å². The maximum atomic E-state index is 6.18. The number of hydrogen-bond acceptors (Lipinski definition) is 4. The molecule has 1 saturated carbocycles. The molecule has 0 aromatic heterocycles. The van der Waals surface area contributed by atoms with E-state index in [0.717, 1.165) is 56.0 Å². The van der Waals surface area contributed by atoms with Gasteiger partial charge in [0.05, 0.1) is 7.11 Å². The smallest absolute Gasteiger partial charge is 0.127 e. The summed E-state index contributed by atoms with van der Waals surface area (Å²) in [5.74, 6) is 2.62. The summed E-state index contributed by atoms with van der Waals surface area (Å²) in [5, 5.41) is 0. The summed E-state index contributed by atoms with van der Waals surface area (Å²) in [6, 6.07) is 27.7. The Bertz CT molecular complexity index is 935. The highest BCUT2D eigenvalue weighted by atomic mass is 16.5. The van der Waals surface area contributed by atoms with E-state index in [1.54, 1.807) is 7.11 Å². The molecule has 0 saturated heterocycles. The molecule has 3 aromatic rings. The van der Waals surface area contributed by atoms with Gasteiger partial charge < -0.3 is 15.2 Å². The maximum absolute atomic E-state index is 6.18.